The Morgan fingerprint density at radius 3 is 2.87 bits per heavy atom. The highest BCUT2D eigenvalue weighted by atomic mass is 32.1. The molecule has 0 bridgehead atoms. The number of nitrogens with zero attached hydrogens (tertiary/aromatic N) is 1. The highest BCUT2D eigenvalue weighted by Gasteiger charge is 2.20. The van der Waals surface area contributed by atoms with E-state index >= 15 is 0 Å². The number of ether oxygens (including phenoxy) is 2. The van der Waals surface area contributed by atoms with Gasteiger partial charge in [-0.05, 0) is 44.0 Å². The molecule has 0 spiro atoms. The number of amides is 1. The molecule has 1 unspecified atom stereocenters. The molecule has 3 rings (SSSR count). The minimum Gasteiger partial charge on any atom is -0.497 e. The molecule has 2 aromatic rings. The number of aromatic nitrogens is 1. The Balaban J connectivity index is 1.70. The van der Waals surface area contributed by atoms with Gasteiger partial charge in [0.15, 0.2) is 0 Å². The average Bonchev–Trinajstić information content (AvgIpc) is 3.22. The maximum absolute atomic E-state index is 12.4. The van der Waals surface area contributed by atoms with E-state index in [1.807, 2.05) is 31.2 Å². The van der Waals surface area contributed by atoms with Crippen molar-refractivity contribution in [2.24, 2.45) is 0 Å². The second kappa shape index (κ2) is 7.10. The van der Waals surface area contributed by atoms with Crippen LogP contribution in [0.2, 0.25) is 0 Å². The second-order valence-corrected chi connectivity index (χ2v) is 6.51. The van der Waals surface area contributed by atoms with Crippen LogP contribution in [0.25, 0.3) is 10.6 Å². The topological polar surface area (TPSA) is 60.5 Å². The van der Waals surface area contributed by atoms with Gasteiger partial charge < -0.3 is 14.8 Å². The van der Waals surface area contributed by atoms with Crippen molar-refractivity contribution >= 4 is 17.2 Å². The van der Waals surface area contributed by atoms with Gasteiger partial charge >= 0.3 is 0 Å². The Morgan fingerprint density at radius 1 is 1.43 bits per heavy atom. The Bertz CT molecular complexity index is 676. The first-order valence-electron chi connectivity index (χ1n) is 7.69. The third-order valence-corrected chi connectivity index (χ3v) is 5.06. The van der Waals surface area contributed by atoms with Crippen molar-refractivity contribution < 1.29 is 14.3 Å². The minimum atomic E-state index is -0.0738. The van der Waals surface area contributed by atoms with Crippen molar-refractivity contribution in [3.8, 4) is 16.3 Å². The molecule has 1 aromatic heterocycles. The van der Waals surface area contributed by atoms with Crippen LogP contribution in [0.3, 0.4) is 0 Å². The van der Waals surface area contributed by atoms with Crippen LogP contribution in [0.5, 0.6) is 5.75 Å². The van der Waals surface area contributed by atoms with E-state index < -0.39 is 0 Å². The van der Waals surface area contributed by atoms with Crippen molar-refractivity contribution in [2.45, 2.75) is 25.9 Å². The molecule has 5 nitrogen and oxygen atoms in total. The molecule has 2 heterocycles. The standard InChI is InChI=1S/C17H20N2O3S/c1-11-15(16(20)18-10-14-4-3-9-22-14)23-17(19-11)12-5-7-13(21-2)8-6-12/h5-8,14H,3-4,9-10H2,1-2H3,(H,18,20). The van der Waals surface area contributed by atoms with E-state index in [2.05, 4.69) is 10.3 Å². The largest absolute Gasteiger partial charge is 0.497 e. The summed E-state index contributed by atoms with van der Waals surface area (Å²) in [4.78, 5) is 17.5. The SMILES string of the molecule is COc1ccc(-c2nc(C)c(C(=O)NCC3CCCO3)s2)cc1. The van der Waals surface area contributed by atoms with Crippen LogP contribution >= 0.6 is 11.3 Å². The van der Waals surface area contributed by atoms with E-state index in [1.54, 1.807) is 7.11 Å². The molecule has 1 aliphatic rings. The highest BCUT2D eigenvalue weighted by molar-refractivity contribution is 7.17. The van der Waals surface area contributed by atoms with Gasteiger partial charge in [-0.1, -0.05) is 0 Å². The van der Waals surface area contributed by atoms with Gasteiger partial charge in [-0.3, -0.25) is 4.79 Å². The van der Waals surface area contributed by atoms with Gasteiger partial charge in [0, 0.05) is 18.7 Å². The Hall–Kier alpha value is -1.92. The number of nitrogens with one attached hydrogen (secondary N) is 1. The van der Waals surface area contributed by atoms with E-state index in [1.165, 1.54) is 11.3 Å². The zero-order valence-corrected chi connectivity index (χ0v) is 14.1. The summed E-state index contributed by atoms with van der Waals surface area (Å²) in [5, 5.41) is 3.79. The number of methoxy groups -OCH3 is 1. The first kappa shape index (κ1) is 16.0. The molecule has 122 valence electrons. The van der Waals surface area contributed by atoms with Crippen molar-refractivity contribution in [3.63, 3.8) is 0 Å². The predicted octanol–water partition coefficient (Wildman–Crippen LogP) is 3.04. The lowest BCUT2D eigenvalue weighted by molar-refractivity contribution is 0.0860. The maximum atomic E-state index is 12.4. The summed E-state index contributed by atoms with van der Waals surface area (Å²) in [5.74, 6) is 0.729. The second-order valence-electron chi connectivity index (χ2n) is 5.51. The summed E-state index contributed by atoms with van der Waals surface area (Å²) < 4.78 is 10.7. The van der Waals surface area contributed by atoms with E-state index in [0.717, 1.165) is 41.5 Å². The smallest absolute Gasteiger partial charge is 0.263 e. The first-order chi connectivity index (χ1) is 11.2. The van der Waals surface area contributed by atoms with E-state index in [4.69, 9.17) is 9.47 Å². The van der Waals surface area contributed by atoms with Crippen molar-refractivity contribution in [2.75, 3.05) is 20.3 Å². The van der Waals surface area contributed by atoms with Crippen molar-refractivity contribution in [1.82, 2.24) is 10.3 Å². The van der Waals surface area contributed by atoms with Crippen molar-refractivity contribution in [3.05, 3.63) is 34.8 Å². The van der Waals surface area contributed by atoms with Crippen molar-refractivity contribution in [1.29, 1.82) is 0 Å². The van der Waals surface area contributed by atoms with Gasteiger partial charge in [0.25, 0.3) is 5.91 Å². The zero-order valence-electron chi connectivity index (χ0n) is 13.3. The van der Waals surface area contributed by atoms with Crippen LogP contribution < -0.4 is 10.1 Å². The van der Waals surface area contributed by atoms with Gasteiger partial charge in [0.1, 0.15) is 15.6 Å². The lowest BCUT2D eigenvalue weighted by Crippen LogP contribution is -2.31. The third kappa shape index (κ3) is 3.71. The van der Waals surface area contributed by atoms with Gasteiger partial charge in [-0.15, -0.1) is 11.3 Å². The van der Waals surface area contributed by atoms with E-state index in [9.17, 15) is 4.79 Å². The summed E-state index contributed by atoms with van der Waals surface area (Å²) in [7, 11) is 1.64. The van der Waals surface area contributed by atoms with Crippen LogP contribution in [0.1, 0.15) is 28.2 Å². The normalized spacial score (nSPS) is 17.2. The molecule has 1 fully saturated rings. The number of aryl methyl sites for hydroxylation is 1. The number of carbonyl (C=O) groups excluding carboxylic acids is 1. The summed E-state index contributed by atoms with van der Waals surface area (Å²) in [6.07, 6.45) is 2.23. The predicted molar refractivity (Wildman–Crippen MR) is 90.1 cm³/mol. The zero-order chi connectivity index (χ0) is 16.2. The third-order valence-electron chi connectivity index (χ3n) is 3.85. The number of benzene rings is 1. The monoisotopic (exact) mass is 332 g/mol. The highest BCUT2D eigenvalue weighted by Crippen LogP contribution is 2.29. The minimum absolute atomic E-state index is 0.0738. The van der Waals surface area contributed by atoms with Gasteiger partial charge in [0.05, 0.1) is 18.9 Å². The molecule has 1 aliphatic heterocycles. The van der Waals surface area contributed by atoms with Gasteiger partial charge in [-0.2, -0.15) is 0 Å². The quantitative estimate of drug-likeness (QED) is 0.914. The molecule has 1 saturated heterocycles. The Kier molecular flexibility index (Phi) is 4.93. The molecule has 1 N–H and O–H groups in total. The molecule has 1 amide bonds. The van der Waals surface area contributed by atoms with Crippen LogP contribution in [0.15, 0.2) is 24.3 Å². The molecular formula is C17H20N2O3S. The molecule has 0 radical (unpaired) electrons. The number of thiazole rings is 1. The molecule has 1 atom stereocenters. The maximum Gasteiger partial charge on any atom is 0.263 e. The average molecular weight is 332 g/mol. The fraction of sp³-hybridized carbons (Fsp3) is 0.412. The number of hydrogen-bond donors (Lipinski definition) is 1. The molecule has 1 aromatic carbocycles. The Morgan fingerprint density at radius 2 is 2.22 bits per heavy atom. The molecule has 6 heteroatoms. The number of carbonyl (C=O) groups is 1. The lowest BCUT2D eigenvalue weighted by Gasteiger charge is -2.09. The van der Waals surface area contributed by atoms with Gasteiger partial charge in [-0.25, -0.2) is 4.98 Å². The fourth-order valence-corrected chi connectivity index (χ4v) is 3.54. The number of hydrogen-bond acceptors (Lipinski definition) is 5. The molecule has 0 saturated carbocycles. The van der Waals surface area contributed by atoms with Crippen LogP contribution in [-0.2, 0) is 4.74 Å². The molecule has 23 heavy (non-hydrogen) atoms. The van der Waals surface area contributed by atoms with Crippen LogP contribution in [0.4, 0.5) is 0 Å². The van der Waals surface area contributed by atoms with Crippen LogP contribution in [-0.4, -0.2) is 37.3 Å². The van der Waals surface area contributed by atoms with E-state index in [-0.39, 0.29) is 12.0 Å². The molecular weight excluding hydrogens is 312 g/mol. The van der Waals surface area contributed by atoms with Gasteiger partial charge in [0.2, 0.25) is 0 Å². The lowest BCUT2D eigenvalue weighted by atomic mass is 10.2. The van der Waals surface area contributed by atoms with E-state index in [0.29, 0.717) is 11.4 Å². The first-order valence-corrected chi connectivity index (χ1v) is 8.50. The fourth-order valence-electron chi connectivity index (χ4n) is 2.56. The number of rotatable bonds is 5. The Labute approximate surface area is 139 Å². The summed E-state index contributed by atoms with van der Waals surface area (Å²) >= 11 is 1.41. The summed E-state index contributed by atoms with van der Waals surface area (Å²) in [6, 6.07) is 7.68. The van der Waals surface area contributed by atoms with Crippen LogP contribution in [0, 0.1) is 6.92 Å². The summed E-state index contributed by atoms with van der Waals surface area (Å²) in [5.41, 5.74) is 1.74. The molecule has 0 aliphatic carbocycles. The summed E-state index contributed by atoms with van der Waals surface area (Å²) in [6.45, 7) is 3.22.